The minimum absolute atomic E-state index is 0.365. The van der Waals surface area contributed by atoms with Gasteiger partial charge in [-0.2, -0.15) is 11.8 Å². The summed E-state index contributed by atoms with van der Waals surface area (Å²) in [5.41, 5.74) is 1.34. The van der Waals surface area contributed by atoms with Crippen LogP contribution in [0.2, 0.25) is 0 Å². The SMILES string of the molecule is CN=C(NCCCCOCCc1ccccc1)NCC1(C)CCCS1. The summed E-state index contributed by atoms with van der Waals surface area (Å²) in [7, 11) is 1.84. The number of rotatable bonds is 10. The first-order chi connectivity index (χ1) is 12.2. The molecule has 0 spiro atoms. The first-order valence-electron chi connectivity index (χ1n) is 9.42. The molecule has 1 aliphatic heterocycles. The Balaban J connectivity index is 1.46. The van der Waals surface area contributed by atoms with Gasteiger partial charge in [-0.05, 0) is 50.3 Å². The molecule has 1 aromatic rings. The molecule has 0 saturated carbocycles. The van der Waals surface area contributed by atoms with Crippen LogP contribution in [0.15, 0.2) is 35.3 Å². The summed E-state index contributed by atoms with van der Waals surface area (Å²) >= 11 is 2.07. The molecule has 0 amide bonds. The van der Waals surface area contributed by atoms with Gasteiger partial charge in [0, 0.05) is 31.5 Å². The molecule has 25 heavy (non-hydrogen) atoms. The average Bonchev–Trinajstić information content (AvgIpc) is 3.07. The Labute approximate surface area is 157 Å². The number of hydrogen-bond donors (Lipinski definition) is 2. The second kappa shape index (κ2) is 11.4. The van der Waals surface area contributed by atoms with Crippen molar-refractivity contribution < 1.29 is 4.74 Å². The molecule has 0 aromatic heterocycles. The molecule has 1 aliphatic rings. The smallest absolute Gasteiger partial charge is 0.191 e. The highest BCUT2D eigenvalue weighted by molar-refractivity contribution is 8.00. The van der Waals surface area contributed by atoms with Crippen LogP contribution in [0.5, 0.6) is 0 Å². The molecule has 2 N–H and O–H groups in total. The third kappa shape index (κ3) is 8.15. The predicted molar refractivity (Wildman–Crippen MR) is 110 cm³/mol. The second-order valence-electron chi connectivity index (χ2n) is 6.81. The maximum Gasteiger partial charge on any atom is 0.191 e. The van der Waals surface area contributed by atoms with Crippen LogP contribution in [0.25, 0.3) is 0 Å². The van der Waals surface area contributed by atoms with Crippen molar-refractivity contribution in [1.29, 1.82) is 0 Å². The molecule has 1 aromatic carbocycles. The Morgan fingerprint density at radius 3 is 2.76 bits per heavy atom. The Hall–Kier alpha value is -1.20. The molecule has 140 valence electrons. The highest BCUT2D eigenvalue weighted by Gasteiger charge is 2.29. The van der Waals surface area contributed by atoms with E-state index in [1.807, 2.05) is 13.1 Å². The van der Waals surface area contributed by atoms with Gasteiger partial charge in [0.2, 0.25) is 0 Å². The van der Waals surface area contributed by atoms with Gasteiger partial charge in [0.15, 0.2) is 5.96 Å². The number of hydrogen-bond acceptors (Lipinski definition) is 3. The predicted octanol–water partition coefficient (Wildman–Crippen LogP) is 3.48. The lowest BCUT2D eigenvalue weighted by atomic mass is 10.1. The lowest BCUT2D eigenvalue weighted by Gasteiger charge is -2.24. The van der Waals surface area contributed by atoms with Crippen LogP contribution in [0.3, 0.4) is 0 Å². The third-order valence-corrected chi connectivity index (χ3v) is 6.08. The average molecular weight is 364 g/mol. The van der Waals surface area contributed by atoms with Crippen molar-refractivity contribution in [2.24, 2.45) is 4.99 Å². The van der Waals surface area contributed by atoms with Crippen LogP contribution in [-0.2, 0) is 11.2 Å². The summed E-state index contributed by atoms with van der Waals surface area (Å²) < 4.78 is 6.09. The normalized spacial score (nSPS) is 20.6. The summed E-state index contributed by atoms with van der Waals surface area (Å²) in [5, 5.41) is 6.87. The van der Waals surface area contributed by atoms with Crippen molar-refractivity contribution in [3.63, 3.8) is 0 Å². The van der Waals surface area contributed by atoms with Crippen molar-refractivity contribution in [3.05, 3.63) is 35.9 Å². The molecule has 0 radical (unpaired) electrons. The number of nitrogens with zero attached hydrogens (tertiary/aromatic N) is 1. The van der Waals surface area contributed by atoms with Gasteiger partial charge < -0.3 is 15.4 Å². The molecule has 0 bridgehead atoms. The molecule has 0 aliphatic carbocycles. The molecule has 1 saturated heterocycles. The van der Waals surface area contributed by atoms with Gasteiger partial charge >= 0.3 is 0 Å². The van der Waals surface area contributed by atoms with Crippen molar-refractivity contribution >= 4 is 17.7 Å². The van der Waals surface area contributed by atoms with E-state index < -0.39 is 0 Å². The van der Waals surface area contributed by atoms with Gasteiger partial charge in [-0.3, -0.25) is 4.99 Å². The van der Waals surface area contributed by atoms with E-state index in [1.165, 1.54) is 24.2 Å². The van der Waals surface area contributed by atoms with E-state index in [-0.39, 0.29) is 0 Å². The number of thioether (sulfide) groups is 1. The number of guanidine groups is 1. The van der Waals surface area contributed by atoms with E-state index in [0.717, 1.165) is 51.5 Å². The minimum atomic E-state index is 0.365. The highest BCUT2D eigenvalue weighted by Crippen LogP contribution is 2.36. The van der Waals surface area contributed by atoms with E-state index in [1.54, 1.807) is 0 Å². The van der Waals surface area contributed by atoms with Crippen LogP contribution in [0.1, 0.15) is 38.2 Å². The fourth-order valence-corrected chi connectivity index (χ4v) is 4.18. The van der Waals surface area contributed by atoms with E-state index in [0.29, 0.717) is 4.75 Å². The van der Waals surface area contributed by atoms with Gasteiger partial charge in [-0.25, -0.2) is 0 Å². The molecule has 1 unspecified atom stereocenters. The Morgan fingerprint density at radius 2 is 2.04 bits per heavy atom. The number of nitrogens with one attached hydrogen (secondary N) is 2. The summed E-state index contributed by atoms with van der Waals surface area (Å²) in [6.07, 6.45) is 5.79. The first-order valence-corrected chi connectivity index (χ1v) is 10.4. The summed E-state index contributed by atoms with van der Waals surface area (Å²) in [6, 6.07) is 10.5. The highest BCUT2D eigenvalue weighted by atomic mass is 32.2. The molecular formula is C20H33N3OS. The quantitative estimate of drug-likeness (QED) is 0.380. The van der Waals surface area contributed by atoms with Gasteiger partial charge in [0.1, 0.15) is 0 Å². The molecular weight excluding hydrogens is 330 g/mol. The Kier molecular flexibility index (Phi) is 9.19. The Bertz CT molecular complexity index is 501. The van der Waals surface area contributed by atoms with Crippen LogP contribution in [0, 0.1) is 0 Å². The van der Waals surface area contributed by atoms with Gasteiger partial charge in [0.05, 0.1) is 6.61 Å². The number of aliphatic imine (C=N–C) groups is 1. The van der Waals surface area contributed by atoms with Crippen molar-refractivity contribution in [2.45, 2.75) is 43.8 Å². The zero-order valence-electron chi connectivity index (χ0n) is 15.7. The Morgan fingerprint density at radius 1 is 1.20 bits per heavy atom. The third-order valence-electron chi connectivity index (χ3n) is 4.54. The van der Waals surface area contributed by atoms with E-state index in [4.69, 9.17) is 4.74 Å². The van der Waals surface area contributed by atoms with E-state index >= 15 is 0 Å². The number of ether oxygens (including phenoxy) is 1. The van der Waals surface area contributed by atoms with Gasteiger partial charge in [0.25, 0.3) is 0 Å². The monoisotopic (exact) mass is 363 g/mol. The summed E-state index contributed by atoms with van der Waals surface area (Å²) in [6.45, 7) is 5.90. The maximum atomic E-state index is 5.72. The fourth-order valence-electron chi connectivity index (χ4n) is 2.94. The van der Waals surface area contributed by atoms with E-state index in [9.17, 15) is 0 Å². The minimum Gasteiger partial charge on any atom is -0.381 e. The van der Waals surface area contributed by atoms with Crippen LogP contribution in [-0.4, -0.2) is 49.8 Å². The molecule has 1 heterocycles. The largest absolute Gasteiger partial charge is 0.381 e. The second-order valence-corrected chi connectivity index (χ2v) is 8.49. The lowest BCUT2D eigenvalue weighted by Crippen LogP contribution is -2.43. The number of unbranched alkanes of at least 4 members (excludes halogenated alkanes) is 1. The van der Waals surface area contributed by atoms with Crippen molar-refractivity contribution in [2.75, 3.05) is 39.1 Å². The zero-order valence-corrected chi connectivity index (χ0v) is 16.5. The number of benzene rings is 1. The lowest BCUT2D eigenvalue weighted by molar-refractivity contribution is 0.133. The molecule has 2 rings (SSSR count). The standard InChI is InChI=1S/C20H33N3OS/c1-20(12-8-16-25-20)17-23-19(21-2)22-13-6-7-14-24-15-11-18-9-4-3-5-10-18/h3-5,9-10H,6-8,11-17H2,1-2H3,(H2,21,22,23). The fraction of sp³-hybridized carbons (Fsp3) is 0.650. The van der Waals surface area contributed by atoms with Gasteiger partial charge in [-0.1, -0.05) is 30.3 Å². The molecule has 1 atom stereocenters. The van der Waals surface area contributed by atoms with Crippen LogP contribution in [0.4, 0.5) is 0 Å². The topological polar surface area (TPSA) is 45.7 Å². The first kappa shape index (κ1) is 20.1. The van der Waals surface area contributed by atoms with Crippen molar-refractivity contribution in [3.8, 4) is 0 Å². The van der Waals surface area contributed by atoms with Crippen LogP contribution < -0.4 is 10.6 Å². The molecule has 1 fully saturated rings. The molecule has 5 heteroatoms. The van der Waals surface area contributed by atoms with E-state index in [2.05, 4.69) is 58.6 Å². The summed E-state index contributed by atoms with van der Waals surface area (Å²) in [5.74, 6) is 2.20. The summed E-state index contributed by atoms with van der Waals surface area (Å²) in [4.78, 5) is 4.31. The maximum absolute atomic E-state index is 5.72. The molecule has 4 nitrogen and oxygen atoms in total. The zero-order chi connectivity index (χ0) is 17.8. The van der Waals surface area contributed by atoms with Crippen molar-refractivity contribution in [1.82, 2.24) is 10.6 Å². The van der Waals surface area contributed by atoms with Gasteiger partial charge in [-0.15, -0.1) is 0 Å². The van der Waals surface area contributed by atoms with Crippen LogP contribution >= 0.6 is 11.8 Å².